The van der Waals surface area contributed by atoms with Crippen LogP contribution in [0.5, 0.6) is 0 Å². The minimum Gasteiger partial charge on any atom is -0.336 e. The van der Waals surface area contributed by atoms with Crippen molar-refractivity contribution in [1.29, 1.82) is 5.26 Å². The molecule has 7 nitrogen and oxygen atoms in total. The zero-order valence-corrected chi connectivity index (χ0v) is 16.8. The SMILES string of the molecule is CCC1CC[C@@H](C#N)N1C(=O)C(N)C1CC2CCC(C1)N2C1OC1N(C)C. The molecule has 6 unspecified atom stereocenters. The van der Waals surface area contributed by atoms with Gasteiger partial charge in [0.25, 0.3) is 0 Å². The quantitative estimate of drug-likeness (QED) is 0.724. The average Bonchev–Trinajstić information content (AvgIpc) is 3.29. The normalized spacial score (nSPS) is 42.4. The number of likely N-dealkylation sites (tertiary alicyclic amines) is 1. The summed E-state index contributed by atoms with van der Waals surface area (Å²) in [5, 5.41) is 9.45. The van der Waals surface area contributed by atoms with Gasteiger partial charge in [-0.1, -0.05) is 6.92 Å². The van der Waals surface area contributed by atoms with Gasteiger partial charge in [-0.25, -0.2) is 0 Å². The molecule has 0 aliphatic carbocycles. The highest BCUT2D eigenvalue weighted by molar-refractivity contribution is 5.83. The fourth-order valence-electron chi connectivity index (χ4n) is 5.77. The number of piperidine rings is 1. The number of likely N-dealkylation sites (N-methyl/N-ethyl adjacent to an activating group) is 1. The minimum absolute atomic E-state index is 0.00223. The zero-order chi connectivity index (χ0) is 19.3. The number of nitrogens with two attached hydrogens (primary N) is 1. The van der Waals surface area contributed by atoms with Crippen molar-refractivity contribution in [2.24, 2.45) is 11.7 Å². The van der Waals surface area contributed by atoms with Gasteiger partial charge in [-0.2, -0.15) is 5.26 Å². The Morgan fingerprint density at radius 1 is 1.26 bits per heavy atom. The van der Waals surface area contributed by atoms with E-state index in [1.54, 1.807) is 0 Å². The van der Waals surface area contributed by atoms with E-state index >= 15 is 0 Å². The van der Waals surface area contributed by atoms with Gasteiger partial charge in [-0.3, -0.25) is 14.6 Å². The monoisotopic (exact) mass is 375 g/mol. The van der Waals surface area contributed by atoms with E-state index in [1.165, 1.54) is 12.8 Å². The fourth-order valence-corrected chi connectivity index (χ4v) is 5.77. The molecule has 4 aliphatic rings. The van der Waals surface area contributed by atoms with E-state index in [1.807, 2.05) is 4.90 Å². The van der Waals surface area contributed by atoms with Gasteiger partial charge in [-0.05, 0) is 65.0 Å². The molecule has 7 heteroatoms. The van der Waals surface area contributed by atoms with Crippen molar-refractivity contribution < 1.29 is 9.53 Å². The largest absolute Gasteiger partial charge is 0.336 e. The molecular formula is C20H33N5O2. The van der Waals surface area contributed by atoms with Crippen LogP contribution in [0.25, 0.3) is 0 Å². The molecule has 2 N–H and O–H groups in total. The van der Waals surface area contributed by atoms with E-state index in [2.05, 4.69) is 36.9 Å². The van der Waals surface area contributed by atoms with E-state index < -0.39 is 6.04 Å². The molecule has 0 aromatic carbocycles. The first-order chi connectivity index (χ1) is 13.0. The number of ether oxygens (including phenoxy) is 1. The number of amides is 1. The lowest BCUT2D eigenvalue weighted by Crippen LogP contribution is -2.56. The third-order valence-corrected chi connectivity index (χ3v) is 7.25. The topological polar surface area (TPSA) is 89.1 Å². The summed E-state index contributed by atoms with van der Waals surface area (Å²) in [7, 11) is 4.11. The number of nitrogens with zero attached hydrogens (tertiary/aromatic N) is 4. The van der Waals surface area contributed by atoms with Crippen LogP contribution in [0.2, 0.25) is 0 Å². The molecule has 7 atom stereocenters. The number of rotatable bonds is 5. The zero-order valence-electron chi connectivity index (χ0n) is 16.8. The van der Waals surface area contributed by atoms with Crippen molar-refractivity contribution >= 4 is 5.91 Å². The molecule has 4 fully saturated rings. The van der Waals surface area contributed by atoms with Gasteiger partial charge >= 0.3 is 0 Å². The Bertz CT molecular complexity index is 606. The smallest absolute Gasteiger partial charge is 0.241 e. The molecule has 0 aromatic heterocycles. The van der Waals surface area contributed by atoms with E-state index in [0.717, 1.165) is 32.1 Å². The molecule has 0 aromatic rings. The maximum absolute atomic E-state index is 13.2. The standard InChI is InChI=1S/C20H33N5O2/c1-4-13-5-8-16(11-21)24(13)18(26)17(22)12-9-14-6-7-15(10-12)25(14)20-19(27-20)23(2)3/h12-17,19-20H,4-10,22H2,1-3H3/t12?,13?,14?,15?,16-,17?,19?,20?/m0/s1. The fraction of sp³-hybridized carbons (Fsp3) is 0.900. The second kappa shape index (κ2) is 7.32. The molecule has 2 bridgehead atoms. The van der Waals surface area contributed by atoms with Gasteiger partial charge in [0, 0.05) is 18.1 Å². The number of epoxide rings is 1. The molecule has 0 radical (unpaired) electrons. The summed E-state index contributed by atoms with van der Waals surface area (Å²) in [6.45, 7) is 2.09. The van der Waals surface area contributed by atoms with Gasteiger partial charge < -0.3 is 15.4 Å². The Labute approximate surface area is 162 Å². The summed E-state index contributed by atoms with van der Waals surface area (Å²) in [6.07, 6.45) is 7.27. The molecule has 4 saturated heterocycles. The summed E-state index contributed by atoms with van der Waals surface area (Å²) >= 11 is 0. The summed E-state index contributed by atoms with van der Waals surface area (Å²) < 4.78 is 5.89. The van der Waals surface area contributed by atoms with Crippen LogP contribution in [0, 0.1) is 17.2 Å². The van der Waals surface area contributed by atoms with Gasteiger partial charge in [0.2, 0.25) is 5.91 Å². The third kappa shape index (κ3) is 3.27. The van der Waals surface area contributed by atoms with Crippen molar-refractivity contribution in [2.75, 3.05) is 14.1 Å². The summed E-state index contributed by atoms with van der Waals surface area (Å²) in [4.78, 5) is 19.7. The third-order valence-electron chi connectivity index (χ3n) is 7.25. The first-order valence-corrected chi connectivity index (χ1v) is 10.5. The Morgan fingerprint density at radius 2 is 1.93 bits per heavy atom. The Hall–Kier alpha value is -1.20. The number of carbonyl (C=O) groups excluding carboxylic acids is 1. The number of fused-ring (bicyclic) bond motifs is 2. The summed E-state index contributed by atoms with van der Waals surface area (Å²) in [5.41, 5.74) is 6.51. The highest BCUT2D eigenvalue weighted by atomic mass is 16.6. The van der Waals surface area contributed by atoms with Crippen molar-refractivity contribution in [3.05, 3.63) is 0 Å². The van der Waals surface area contributed by atoms with E-state index in [4.69, 9.17) is 10.5 Å². The molecule has 150 valence electrons. The molecular weight excluding hydrogens is 342 g/mol. The highest BCUT2D eigenvalue weighted by Crippen LogP contribution is 2.45. The van der Waals surface area contributed by atoms with Crippen LogP contribution < -0.4 is 5.73 Å². The molecule has 1 amide bonds. The van der Waals surface area contributed by atoms with Crippen LogP contribution in [0.4, 0.5) is 0 Å². The first kappa shape index (κ1) is 19.1. The second-order valence-electron chi connectivity index (χ2n) is 9.00. The van der Waals surface area contributed by atoms with Crippen molar-refractivity contribution in [3.63, 3.8) is 0 Å². The lowest BCUT2D eigenvalue weighted by Gasteiger charge is -2.41. The van der Waals surface area contributed by atoms with Gasteiger partial charge in [0.1, 0.15) is 6.04 Å². The van der Waals surface area contributed by atoms with Crippen LogP contribution in [0.1, 0.15) is 51.9 Å². The number of carbonyl (C=O) groups is 1. The van der Waals surface area contributed by atoms with Crippen molar-refractivity contribution in [2.45, 2.75) is 94.5 Å². The van der Waals surface area contributed by atoms with Crippen LogP contribution >= 0.6 is 0 Å². The molecule has 27 heavy (non-hydrogen) atoms. The van der Waals surface area contributed by atoms with E-state index in [0.29, 0.717) is 12.1 Å². The lowest BCUT2D eigenvalue weighted by molar-refractivity contribution is -0.136. The number of hydrogen-bond donors (Lipinski definition) is 1. The Kier molecular flexibility index (Phi) is 5.19. The maximum Gasteiger partial charge on any atom is 0.241 e. The first-order valence-electron chi connectivity index (χ1n) is 10.5. The predicted molar refractivity (Wildman–Crippen MR) is 101 cm³/mol. The Balaban J connectivity index is 1.42. The van der Waals surface area contributed by atoms with Crippen LogP contribution in [-0.4, -0.2) is 77.4 Å². The van der Waals surface area contributed by atoms with Gasteiger partial charge in [0.15, 0.2) is 12.5 Å². The van der Waals surface area contributed by atoms with E-state index in [9.17, 15) is 10.1 Å². The van der Waals surface area contributed by atoms with Gasteiger partial charge in [0.05, 0.1) is 12.1 Å². The number of hydrogen-bond acceptors (Lipinski definition) is 6. The molecule has 4 aliphatic heterocycles. The summed E-state index contributed by atoms with van der Waals surface area (Å²) in [6, 6.07) is 2.64. The van der Waals surface area contributed by atoms with Crippen LogP contribution in [0.3, 0.4) is 0 Å². The molecule has 4 heterocycles. The molecule has 0 saturated carbocycles. The summed E-state index contributed by atoms with van der Waals surface area (Å²) in [5.74, 6) is 0.206. The molecule has 0 spiro atoms. The maximum atomic E-state index is 13.2. The second-order valence-corrected chi connectivity index (χ2v) is 9.00. The number of nitriles is 1. The minimum atomic E-state index is -0.483. The average molecular weight is 376 g/mol. The lowest BCUT2D eigenvalue weighted by atomic mass is 9.84. The van der Waals surface area contributed by atoms with E-state index in [-0.39, 0.29) is 36.4 Å². The highest BCUT2D eigenvalue weighted by Gasteiger charge is 2.55. The van der Waals surface area contributed by atoms with Gasteiger partial charge in [-0.15, -0.1) is 0 Å². The predicted octanol–water partition coefficient (Wildman–Crippen LogP) is 1.09. The van der Waals surface area contributed by atoms with Crippen LogP contribution in [-0.2, 0) is 9.53 Å². The Morgan fingerprint density at radius 3 is 2.44 bits per heavy atom. The molecule has 4 rings (SSSR count). The van der Waals surface area contributed by atoms with Crippen LogP contribution in [0.15, 0.2) is 0 Å². The van der Waals surface area contributed by atoms with Crippen molar-refractivity contribution in [1.82, 2.24) is 14.7 Å². The van der Waals surface area contributed by atoms with Crippen molar-refractivity contribution in [3.8, 4) is 6.07 Å².